The third kappa shape index (κ3) is 3.07. The van der Waals surface area contributed by atoms with Gasteiger partial charge in [-0.1, -0.05) is 6.07 Å². The minimum Gasteiger partial charge on any atom is -0.399 e. The second kappa shape index (κ2) is 5.22. The molecule has 0 radical (unpaired) electrons. The van der Waals surface area contributed by atoms with E-state index in [2.05, 4.69) is 4.72 Å². The van der Waals surface area contributed by atoms with Gasteiger partial charge in [0.25, 0.3) is 10.0 Å². The molecule has 0 saturated heterocycles. The Labute approximate surface area is 116 Å². The van der Waals surface area contributed by atoms with Crippen molar-refractivity contribution in [2.45, 2.75) is 4.90 Å². The number of carbonyl (C=O) groups excluding carboxylic acids is 1. The van der Waals surface area contributed by atoms with Crippen LogP contribution in [0.1, 0.15) is 10.4 Å². The zero-order chi connectivity index (χ0) is 14.8. The predicted molar refractivity (Wildman–Crippen MR) is 76.6 cm³/mol. The number of benzene rings is 2. The van der Waals surface area contributed by atoms with E-state index >= 15 is 0 Å². The first-order valence-electron chi connectivity index (χ1n) is 5.67. The molecular weight excluding hydrogens is 278 g/mol. The van der Waals surface area contributed by atoms with Gasteiger partial charge in [-0.2, -0.15) is 0 Å². The van der Waals surface area contributed by atoms with Crippen molar-refractivity contribution < 1.29 is 13.2 Å². The Morgan fingerprint density at radius 1 is 1.05 bits per heavy atom. The maximum absolute atomic E-state index is 12.1. The van der Waals surface area contributed by atoms with Gasteiger partial charge in [0.15, 0.2) is 0 Å². The van der Waals surface area contributed by atoms with E-state index in [-0.39, 0.29) is 16.1 Å². The standard InChI is InChI=1S/C13H13N3O3S/c14-10-4-6-12(7-5-10)20(18,19)16-11-3-1-2-9(8-11)13(15)17/h1-8,16H,14H2,(H2,15,17). The maximum atomic E-state index is 12.1. The van der Waals surface area contributed by atoms with Crippen LogP contribution in [0.2, 0.25) is 0 Å². The summed E-state index contributed by atoms with van der Waals surface area (Å²) in [6, 6.07) is 11.7. The summed E-state index contributed by atoms with van der Waals surface area (Å²) in [6.07, 6.45) is 0. The predicted octanol–water partition coefficient (Wildman–Crippen LogP) is 1.17. The van der Waals surface area contributed by atoms with Gasteiger partial charge in [-0.3, -0.25) is 9.52 Å². The van der Waals surface area contributed by atoms with Crippen LogP contribution in [0, 0.1) is 0 Å². The fourth-order valence-corrected chi connectivity index (χ4v) is 2.65. The Hall–Kier alpha value is -2.54. The Bertz CT molecular complexity index is 740. The van der Waals surface area contributed by atoms with Crippen molar-refractivity contribution in [2.75, 3.05) is 10.5 Å². The Balaban J connectivity index is 2.31. The van der Waals surface area contributed by atoms with Crippen molar-refractivity contribution in [2.24, 2.45) is 5.73 Å². The van der Waals surface area contributed by atoms with Gasteiger partial charge < -0.3 is 11.5 Å². The monoisotopic (exact) mass is 291 g/mol. The van der Waals surface area contributed by atoms with Crippen molar-refractivity contribution >= 4 is 27.3 Å². The van der Waals surface area contributed by atoms with Crippen LogP contribution >= 0.6 is 0 Å². The third-order valence-electron chi connectivity index (χ3n) is 2.59. The topological polar surface area (TPSA) is 115 Å². The second-order valence-corrected chi connectivity index (χ2v) is 5.80. The smallest absolute Gasteiger partial charge is 0.261 e. The molecule has 0 spiro atoms. The molecule has 1 amide bonds. The minimum atomic E-state index is -3.73. The summed E-state index contributed by atoms with van der Waals surface area (Å²) in [7, 11) is -3.73. The number of anilines is 2. The van der Waals surface area contributed by atoms with Crippen LogP contribution < -0.4 is 16.2 Å². The molecule has 0 heterocycles. The van der Waals surface area contributed by atoms with Crippen LogP contribution in [0.3, 0.4) is 0 Å². The number of rotatable bonds is 4. The van der Waals surface area contributed by atoms with Gasteiger partial charge in [0.2, 0.25) is 5.91 Å². The second-order valence-electron chi connectivity index (χ2n) is 4.12. The fraction of sp³-hybridized carbons (Fsp3) is 0. The van der Waals surface area contributed by atoms with E-state index in [1.165, 1.54) is 42.5 Å². The summed E-state index contributed by atoms with van der Waals surface area (Å²) in [5.41, 5.74) is 11.6. The van der Waals surface area contributed by atoms with Crippen LogP contribution in [-0.4, -0.2) is 14.3 Å². The molecular formula is C13H13N3O3S. The molecule has 0 aliphatic heterocycles. The minimum absolute atomic E-state index is 0.0798. The zero-order valence-electron chi connectivity index (χ0n) is 10.4. The van der Waals surface area contributed by atoms with E-state index in [9.17, 15) is 13.2 Å². The number of nitrogen functional groups attached to an aromatic ring is 1. The van der Waals surface area contributed by atoms with Gasteiger partial charge in [-0.25, -0.2) is 8.42 Å². The van der Waals surface area contributed by atoms with Gasteiger partial charge >= 0.3 is 0 Å². The van der Waals surface area contributed by atoms with Crippen LogP contribution in [0.4, 0.5) is 11.4 Å². The average molecular weight is 291 g/mol. The summed E-state index contributed by atoms with van der Waals surface area (Å²) in [4.78, 5) is 11.1. The molecule has 0 aliphatic rings. The quantitative estimate of drug-likeness (QED) is 0.733. The largest absolute Gasteiger partial charge is 0.399 e. The molecule has 2 rings (SSSR count). The van der Waals surface area contributed by atoms with Gasteiger partial charge in [0.05, 0.1) is 4.90 Å². The summed E-state index contributed by atoms with van der Waals surface area (Å²) in [5.74, 6) is -0.626. The van der Waals surface area contributed by atoms with Crippen LogP contribution in [-0.2, 0) is 10.0 Å². The lowest BCUT2D eigenvalue weighted by Crippen LogP contribution is -2.15. The van der Waals surface area contributed by atoms with Crippen molar-refractivity contribution in [3.05, 3.63) is 54.1 Å². The van der Waals surface area contributed by atoms with Crippen molar-refractivity contribution in [1.82, 2.24) is 0 Å². The Kier molecular flexibility index (Phi) is 3.62. The molecule has 2 aromatic carbocycles. The van der Waals surface area contributed by atoms with Crippen LogP contribution in [0.15, 0.2) is 53.4 Å². The van der Waals surface area contributed by atoms with Gasteiger partial charge in [0, 0.05) is 16.9 Å². The molecule has 0 atom stereocenters. The summed E-state index contributed by atoms with van der Waals surface area (Å²) >= 11 is 0. The lowest BCUT2D eigenvalue weighted by atomic mass is 10.2. The van der Waals surface area contributed by atoms with Crippen LogP contribution in [0.25, 0.3) is 0 Å². The number of hydrogen-bond acceptors (Lipinski definition) is 4. The van der Waals surface area contributed by atoms with Crippen molar-refractivity contribution in [3.8, 4) is 0 Å². The Morgan fingerprint density at radius 3 is 2.30 bits per heavy atom. The van der Waals surface area contributed by atoms with E-state index in [1.807, 2.05) is 0 Å². The number of amides is 1. The summed E-state index contributed by atoms with van der Waals surface area (Å²) in [6.45, 7) is 0. The first-order chi connectivity index (χ1) is 9.38. The van der Waals surface area contributed by atoms with Crippen LogP contribution in [0.5, 0.6) is 0 Å². The normalized spacial score (nSPS) is 11.0. The lowest BCUT2D eigenvalue weighted by Gasteiger charge is -2.09. The molecule has 0 saturated carbocycles. The molecule has 7 heteroatoms. The molecule has 20 heavy (non-hydrogen) atoms. The number of hydrogen-bond donors (Lipinski definition) is 3. The molecule has 0 aromatic heterocycles. The number of nitrogens with two attached hydrogens (primary N) is 2. The van der Waals surface area contributed by atoms with E-state index < -0.39 is 15.9 Å². The SMILES string of the molecule is NC(=O)c1cccc(NS(=O)(=O)c2ccc(N)cc2)c1. The van der Waals surface area contributed by atoms with Crippen molar-refractivity contribution in [3.63, 3.8) is 0 Å². The molecule has 0 bridgehead atoms. The summed E-state index contributed by atoms with van der Waals surface area (Å²) in [5, 5.41) is 0. The van der Waals surface area contributed by atoms with E-state index in [0.717, 1.165) is 0 Å². The van der Waals surface area contributed by atoms with E-state index in [4.69, 9.17) is 11.5 Å². The molecule has 6 nitrogen and oxygen atoms in total. The maximum Gasteiger partial charge on any atom is 0.261 e. The number of nitrogens with one attached hydrogen (secondary N) is 1. The average Bonchev–Trinajstić information content (AvgIpc) is 2.39. The summed E-state index contributed by atoms with van der Waals surface area (Å²) < 4.78 is 26.6. The molecule has 0 fully saturated rings. The first kappa shape index (κ1) is 13.9. The molecule has 2 aromatic rings. The highest BCUT2D eigenvalue weighted by Gasteiger charge is 2.14. The molecule has 0 unspecified atom stereocenters. The first-order valence-corrected chi connectivity index (χ1v) is 7.15. The van der Waals surface area contributed by atoms with E-state index in [1.54, 1.807) is 6.07 Å². The molecule has 104 valence electrons. The molecule has 5 N–H and O–H groups in total. The van der Waals surface area contributed by atoms with E-state index in [0.29, 0.717) is 5.69 Å². The number of carbonyl (C=O) groups is 1. The van der Waals surface area contributed by atoms with Crippen molar-refractivity contribution in [1.29, 1.82) is 0 Å². The number of primary amides is 1. The highest BCUT2D eigenvalue weighted by atomic mass is 32.2. The molecule has 0 aliphatic carbocycles. The lowest BCUT2D eigenvalue weighted by molar-refractivity contribution is 0.100. The Morgan fingerprint density at radius 2 is 1.70 bits per heavy atom. The third-order valence-corrected chi connectivity index (χ3v) is 3.99. The highest BCUT2D eigenvalue weighted by molar-refractivity contribution is 7.92. The number of sulfonamides is 1. The van der Waals surface area contributed by atoms with Gasteiger partial charge in [-0.05, 0) is 42.5 Å². The fourth-order valence-electron chi connectivity index (χ4n) is 1.60. The zero-order valence-corrected chi connectivity index (χ0v) is 11.2. The highest BCUT2D eigenvalue weighted by Crippen LogP contribution is 2.18. The van der Waals surface area contributed by atoms with Gasteiger partial charge in [0.1, 0.15) is 0 Å². The van der Waals surface area contributed by atoms with Gasteiger partial charge in [-0.15, -0.1) is 0 Å².